The zero-order valence-corrected chi connectivity index (χ0v) is 7.55. The van der Waals surface area contributed by atoms with Gasteiger partial charge in [0.25, 0.3) is 0 Å². The van der Waals surface area contributed by atoms with E-state index in [9.17, 15) is 4.79 Å². The third kappa shape index (κ3) is 1.72. The lowest BCUT2D eigenvalue weighted by molar-refractivity contribution is -0.139. The van der Waals surface area contributed by atoms with Gasteiger partial charge in [0, 0.05) is 18.6 Å². The number of carboxylic acid groups (broad SMARTS) is 1. The fourth-order valence-corrected chi connectivity index (χ4v) is 1.66. The smallest absolute Gasteiger partial charge is 0.320 e. The number of hydrogen-bond acceptors (Lipinski definition) is 4. The molecule has 2 N–H and O–H groups in total. The van der Waals surface area contributed by atoms with Crippen molar-refractivity contribution in [2.45, 2.75) is 24.9 Å². The molecule has 0 bridgehead atoms. The van der Waals surface area contributed by atoms with Crippen molar-refractivity contribution < 1.29 is 9.90 Å². The van der Waals surface area contributed by atoms with E-state index in [1.807, 2.05) is 0 Å². The molecule has 74 valence electrons. The fraction of sp³-hybridized carbons (Fsp3) is 0.444. The van der Waals surface area contributed by atoms with Crippen molar-refractivity contribution in [1.29, 1.82) is 0 Å². The van der Waals surface area contributed by atoms with E-state index in [-0.39, 0.29) is 6.04 Å². The van der Waals surface area contributed by atoms with Gasteiger partial charge in [0.2, 0.25) is 0 Å². The van der Waals surface area contributed by atoms with Crippen molar-refractivity contribution in [1.82, 2.24) is 15.3 Å². The fourth-order valence-electron chi connectivity index (χ4n) is 1.66. The molecule has 0 saturated carbocycles. The Bertz CT molecular complexity index is 328. The molecular formula is C9H11N3O2. The second-order valence-electron chi connectivity index (χ2n) is 3.32. The second kappa shape index (κ2) is 3.71. The lowest BCUT2D eigenvalue weighted by atomic mass is 10.1. The molecule has 2 unspecified atom stereocenters. The Morgan fingerprint density at radius 2 is 2.36 bits per heavy atom. The maximum Gasteiger partial charge on any atom is 0.320 e. The summed E-state index contributed by atoms with van der Waals surface area (Å²) >= 11 is 0. The summed E-state index contributed by atoms with van der Waals surface area (Å²) in [6, 6.07) is -0.410. The molecule has 1 aliphatic rings. The van der Waals surface area contributed by atoms with Gasteiger partial charge < -0.3 is 5.11 Å². The minimum Gasteiger partial charge on any atom is -0.480 e. The normalized spacial score (nSPS) is 26.3. The molecule has 1 aliphatic heterocycles. The average Bonchev–Trinajstić information content (AvgIpc) is 2.68. The number of nitrogens with one attached hydrogen (secondary N) is 1. The van der Waals surface area contributed by atoms with Crippen molar-refractivity contribution >= 4 is 5.97 Å². The number of carbonyl (C=O) groups is 1. The standard InChI is InChI=1S/C9H11N3O2/c13-9(14)7-2-1-6(12-7)8-5-10-3-4-11-8/h3-7,12H,1-2H2,(H,13,14). The SMILES string of the molecule is O=C(O)C1CCC(c2cnccn2)N1. The predicted molar refractivity (Wildman–Crippen MR) is 48.6 cm³/mol. The molecule has 1 fully saturated rings. The molecule has 5 nitrogen and oxygen atoms in total. The number of rotatable bonds is 2. The average molecular weight is 193 g/mol. The van der Waals surface area contributed by atoms with Crippen molar-refractivity contribution in [3.05, 3.63) is 24.3 Å². The molecule has 1 aromatic rings. The van der Waals surface area contributed by atoms with Gasteiger partial charge in [-0.3, -0.25) is 20.1 Å². The summed E-state index contributed by atoms with van der Waals surface area (Å²) in [5.41, 5.74) is 0.816. The Hall–Kier alpha value is -1.49. The summed E-state index contributed by atoms with van der Waals surface area (Å²) in [6.45, 7) is 0. The highest BCUT2D eigenvalue weighted by Gasteiger charge is 2.30. The van der Waals surface area contributed by atoms with E-state index >= 15 is 0 Å². The molecule has 1 aromatic heterocycles. The van der Waals surface area contributed by atoms with E-state index in [0.29, 0.717) is 6.42 Å². The van der Waals surface area contributed by atoms with E-state index in [1.54, 1.807) is 18.6 Å². The third-order valence-electron chi connectivity index (χ3n) is 2.38. The Morgan fingerprint density at radius 1 is 1.50 bits per heavy atom. The molecule has 0 aromatic carbocycles. The molecule has 0 aliphatic carbocycles. The van der Waals surface area contributed by atoms with Crippen LogP contribution in [0.15, 0.2) is 18.6 Å². The first kappa shape index (κ1) is 9.08. The largest absolute Gasteiger partial charge is 0.480 e. The van der Waals surface area contributed by atoms with Gasteiger partial charge in [0.15, 0.2) is 0 Å². The molecule has 0 amide bonds. The molecular weight excluding hydrogens is 182 g/mol. The zero-order valence-electron chi connectivity index (χ0n) is 7.55. The molecule has 0 spiro atoms. The summed E-state index contributed by atoms with van der Waals surface area (Å²) in [6.07, 6.45) is 6.34. The molecule has 2 rings (SSSR count). The van der Waals surface area contributed by atoms with Gasteiger partial charge >= 0.3 is 5.97 Å². The van der Waals surface area contributed by atoms with Crippen LogP contribution in [0.2, 0.25) is 0 Å². The van der Waals surface area contributed by atoms with Crippen LogP contribution in [0.25, 0.3) is 0 Å². The van der Waals surface area contributed by atoms with Crippen molar-refractivity contribution in [3.8, 4) is 0 Å². The Morgan fingerprint density at radius 3 is 2.93 bits per heavy atom. The lowest BCUT2D eigenvalue weighted by Gasteiger charge is -2.09. The van der Waals surface area contributed by atoms with E-state index < -0.39 is 12.0 Å². The molecule has 5 heteroatoms. The monoisotopic (exact) mass is 193 g/mol. The van der Waals surface area contributed by atoms with Crippen LogP contribution in [-0.2, 0) is 4.79 Å². The highest BCUT2D eigenvalue weighted by molar-refractivity contribution is 5.73. The quantitative estimate of drug-likeness (QED) is 0.709. The summed E-state index contributed by atoms with van der Waals surface area (Å²) in [7, 11) is 0. The topological polar surface area (TPSA) is 75.1 Å². The first-order valence-corrected chi connectivity index (χ1v) is 4.52. The Labute approximate surface area is 81.2 Å². The third-order valence-corrected chi connectivity index (χ3v) is 2.38. The maximum atomic E-state index is 10.7. The van der Waals surface area contributed by atoms with Crippen molar-refractivity contribution in [3.63, 3.8) is 0 Å². The van der Waals surface area contributed by atoms with E-state index in [4.69, 9.17) is 5.11 Å². The first-order valence-electron chi connectivity index (χ1n) is 4.52. The van der Waals surface area contributed by atoms with Crippen LogP contribution < -0.4 is 5.32 Å². The minimum atomic E-state index is -0.795. The lowest BCUT2D eigenvalue weighted by Crippen LogP contribution is -2.32. The number of nitrogens with zero attached hydrogens (tertiary/aromatic N) is 2. The highest BCUT2D eigenvalue weighted by atomic mass is 16.4. The molecule has 1 saturated heterocycles. The van der Waals surface area contributed by atoms with E-state index in [1.165, 1.54) is 0 Å². The van der Waals surface area contributed by atoms with Crippen LogP contribution in [0.4, 0.5) is 0 Å². The summed E-state index contributed by atoms with van der Waals surface area (Å²) < 4.78 is 0. The van der Waals surface area contributed by atoms with Crippen LogP contribution in [0, 0.1) is 0 Å². The molecule has 2 heterocycles. The zero-order chi connectivity index (χ0) is 9.97. The van der Waals surface area contributed by atoms with Crippen LogP contribution in [-0.4, -0.2) is 27.1 Å². The van der Waals surface area contributed by atoms with Gasteiger partial charge in [-0.05, 0) is 12.8 Å². The van der Waals surface area contributed by atoms with Gasteiger partial charge in [-0.15, -0.1) is 0 Å². The van der Waals surface area contributed by atoms with Gasteiger partial charge in [-0.1, -0.05) is 0 Å². The molecule has 0 radical (unpaired) electrons. The number of hydrogen-bond donors (Lipinski definition) is 2. The number of carboxylic acids is 1. The van der Waals surface area contributed by atoms with Gasteiger partial charge in [-0.2, -0.15) is 0 Å². The maximum absolute atomic E-state index is 10.7. The minimum absolute atomic E-state index is 0.0322. The van der Waals surface area contributed by atoms with Crippen LogP contribution in [0.3, 0.4) is 0 Å². The van der Waals surface area contributed by atoms with Gasteiger partial charge in [-0.25, -0.2) is 0 Å². The predicted octanol–water partition coefficient (Wildman–Crippen LogP) is 0.354. The van der Waals surface area contributed by atoms with Crippen molar-refractivity contribution in [2.24, 2.45) is 0 Å². The first-order chi connectivity index (χ1) is 6.77. The summed E-state index contributed by atoms with van der Waals surface area (Å²) in [5.74, 6) is -0.795. The van der Waals surface area contributed by atoms with E-state index in [2.05, 4.69) is 15.3 Å². The summed E-state index contributed by atoms with van der Waals surface area (Å²) in [4.78, 5) is 18.8. The second-order valence-corrected chi connectivity index (χ2v) is 3.32. The number of aliphatic carboxylic acids is 1. The van der Waals surface area contributed by atoms with Gasteiger partial charge in [0.1, 0.15) is 6.04 Å². The van der Waals surface area contributed by atoms with Crippen LogP contribution >= 0.6 is 0 Å². The molecule has 14 heavy (non-hydrogen) atoms. The van der Waals surface area contributed by atoms with E-state index in [0.717, 1.165) is 12.1 Å². The number of aromatic nitrogens is 2. The van der Waals surface area contributed by atoms with Crippen LogP contribution in [0.5, 0.6) is 0 Å². The summed E-state index contributed by atoms with van der Waals surface area (Å²) in [5, 5.41) is 11.8. The van der Waals surface area contributed by atoms with Gasteiger partial charge in [0.05, 0.1) is 11.7 Å². The Kier molecular flexibility index (Phi) is 2.41. The van der Waals surface area contributed by atoms with Crippen LogP contribution in [0.1, 0.15) is 24.6 Å². The van der Waals surface area contributed by atoms with Crippen molar-refractivity contribution in [2.75, 3.05) is 0 Å². The Balaban J connectivity index is 2.06. The molecule has 2 atom stereocenters. The highest BCUT2D eigenvalue weighted by Crippen LogP contribution is 2.24.